The Morgan fingerprint density at radius 3 is 2.62 bits per heavy atom. The van der Waals surface area contributed by atoms with Crippen molar-refractivity contribution in [3.8, 4) is 0 Å². The lowest BCUT2D eigenvalue weighted by Crippen LogP contribution is -2.24. The topological polar surface area (TPSA) is 9.23 Å². The van der Waals surface area contributed by atoms with Crippen LogP contribution in [0.1, 0.15) is 20.3 Å². The van der Waals surface area contributed by atoms with E-state index in [0.29, 0.717) is 12.0 Å². The van der Waals surface area contributed by atoms with Crippen LogP contribution in [-0.2, 0) is 4.74 Å². The van der Waals surface area contributed by atoms with Gasteiger partial charge in [-0.25, -0.2) is 0 Å². The van der Waals surface area contributed by atoms with Crippen LogP contribution in [0.25, 0.3) is 0 Å². The van der Waals surface area contributed by atoms with Crippen LogP contribution < -0.4 is 0 Å². The summed E-state index contributed by atoms with van der Waals surface area (Å²) in [5.74, 6) is 0.656. The first-order valence-electron chi connectivity index (χ1n) is 3.25. The van der Waals surface area contributed by atoms with E-state index in [4.69, 9.17) is 4.74 Å². The van der Waals surface area contributed by atoms with Gasteiger partial charge in [-0.2, -0.15) is 0 Å². The molecule has 1 saturated heterocycles. The molecule has 0 N–H and O–H groups in total. The van der Waals surface area contributed by atoms with Gasteiger partial charge in [0, 0.05) is 6.61 Å². The Bertz CT molecular complexity index is 60.8. The molecule has 1 aliphatic heterocycles. The first kappa shape index (κ1) is 6.09. The average molecular weight is 113 g/mol. The van der Waals surface area contributed by atoms with Crippen LogP contribution in [0.4, 0.5) is 0 Å². The lowest BCUT2D eigenvalue weighted by molar-refractivity contribution is 0.0153. The minimum absolute atomic E-state index is 0.448. The molecule has 0 spiro atoms. The van der Waals surface area contributed by atoms with Crippen LogP contribution in [0.5, 0.6) is 0 Å². The molecule has 1 rings (SSSR count). The molecule has 1 heteroatoms. The van der Waals surface area contributed by atoms with Gasteiger partial charge in [0.25, 0.3) is 0 Å². The number of rotatable bonds is 0. The fraction of sp³-hybridized carbons (Fsp3) is 0.857. The van der Waals surface area contributed by atoms with E-state index >= 15 is 0 Å². The minimum atomic E-state index is 0.448. The van der Waals surface area contributed by atoms with Crippen LogP contribution in [0, 0.1) is 12.3 Å². The second-order valence-electron chi connectivity index (χ2n) is 2.46. The highest BCUT2D eigenvalue weighted by atomic mass is 16.5. The molecule has 1 radical (unpaired) electrons. The molecule has 0 saturated carbocycles. The van der Waals surface area contributed by atoms with E-state index in [-0.39, 0.29) is 0 Å². The third-order valence-electron chi connectivity index (χ3n) is 1.78. The van der Waals surface area contributed by atoms with Crippen LogP contribution in [0.15, 0.2) is 0 Å². The fourth-order valence-electron chi connectivity index (χ4n) is 0.928. The first-order valence-corrected chi connectivity index (χ1v) is 3.25. The van der Waals surface area contributed by atoms with E-state index in [1.807, 2.05) is 0 Å². The van der Waals surface area contributed by atoms with Gasteiger partial charge in [0.1, 0.15) is 0 Å². The summed E-state index contributed by atoms with van der Waals surface area (Å²) < 4.78 is 5.36. The second-order valence-corrected chi connectivity index (χ2v) is 2.46. The minimum Gasteiger partial charge on any atom is -0.378 e. The summed E-state index contributed by atoms with van der Waals surface area (Å²) in [4.78, 5) is 0. The summed E-state index contributed by atoms with van der Waals surface area (Å²) in [5.41, 5.74) is 0. The van der Waals surface area contributed by atoms with E-state index in [1.54, 1.807) is 0 Å². The van der Waals surface area contributed by atoms with Crippen LogP contribution in [0.2, 0.25) is 0 Å². The molecular formula is C7H13O. The van der Waals surface area contributed by atoms with Crippen molar-refractivity contribution in [1.82, 2.24) is 0 Å². The SMILES string of the molecule is CC1[CH]CCOC1C. The Labute approximate surface area is 51.0 Å². The van der Waals surface area contributed by atoms with Crippen molar-refractivity contribution in [2.75, 3.05) is 6.61 Å². The Kier molecular flexibility index (Phi) is 1.90. The van der Waals surface area contributed by atoms with Crippen molar-refractivity contribution in [3.05, 3.63) is 6.42 Å². The van der Waals surface area contributed by atoms with Gasteiger partial charge < -0.3 is 4.74 Å². The highest BCUT2D eigenvalue weighted by Gasteiger charge is 2.16. The Morgan fingerprint density at radius 1 is 1.50 bits per heavy atom. The van der Waals surface area contributed by atoms with E-state index in [9.17, 15) is 0 Å². The normalized spacial score (nSPS) is 39.8. The molecule has 0 aromatic heterocycles. The predicted octanol–water partition coefficient (Wildman–Crippen LogP) is 1.64. The maximum Gasteiger partial charge on any atom is 0.0575 e. The number of ether oxygens (including phenoxy) is 1. The molecule has 2 atom stereocenters. The van der Waals surface area contributed by atoms with Gasteiger partial charge in [-0.05, 0) is 25.7 Å². The van der Waals surface area contributed by atoms with Gasteiger partial charge in [0.15, 0.2) is 0 Å². The second kappa shape index (κ2) is 2.49. The van der Waals surface area contributed by atoms with Crippen molar-refractivity contribution in [2.45, 2.75) is 26.4 Å². The third-order valence-corrected chi connectivity index (χ3v) is 1.78. The maximum absolute atomic E-state index is 5.36. The van der Waals surface area contributed by atoms with Gasteiger partial charge >= 0.3 is 0 Å². The Morgan fingerprint density at radius 2 is 2.25 bits per heavy atom. The van der Waals surface area contributed by atoms with Crippen molar-refractivity contribution < 1.29 is 4.74 Å². The summed E-state index contributed by atoms with van der Waals surface area (Å²) in [6.45, 7) is 5.25. The zero-order valence-corrected chi connectivity index (χ0v) is 5.55. The monoisotopic (exact) mass is 113 g/mol. The molecule has 1 fully saturated rings. The molecular weight excluding hydrogens is 100 g/mol. The summed E-state index contributed by atoms with van der Waals surface area (Å²) in [6, 6.07) is 0. The molecule has 2 unspecified atom stereocenters. The predicted molar refractivity (Wildman–Crippen MR) is 33.5 cm³/mol. The molecule has 47 valence electrons. The van der Waals surface area contributed by atoms with E-state index < -0.39 is 0 Å². The number of hydrogen-bond donors (Lipinski definition) is 0. The van der Waals surface area contributed by atoms with Crippen molar-refractivity contribution >= 4 is 0 Å². The van der Waals surface area contributed by atoms with Crippen LogP contribution >= 0.6 is 0 Å². The lowest BCUT2D eigenvalue weighted by atomic mass is 9.98. The third kappa shape index (κ3) is 1.22. The summed E-state index contributed by atoms with van der Waals surface area (Å²) in [6.07, 6.45) is 3.91. The van der Waals surface area contributed by atoms with Crippen molar-refractivity contribution in [3.63, 3.8) is 0 Å². The maximum atomic E-state index is 5.36. The molecule has 0 aromatic rings. The lowest BCUT2D eigenvalue weighted by Gasteiger charge is -2.25. The standard InChI is InChI=1S/C7H13O/c1-6-4-3-5-8-7(6)2/h4,6-7H,3,5H2,1-2H3. The molecule has 1 nitrogen and oxygen atoms in total. The van der Waals surface area contributed by atoms with Gasteiger partial charge in [0.2, 0.25) is 0 Å². The van der Waals surface area contributed by atoms with Gasteiger partial charge in [-0.3, -0.25) is 0 Å². The molecule has 0 amide bonds. The summed E-state index contributed by atoms with van der Waals surface area (Å²) in [5, 5.41) is 0. The molecule has 0 aliphatic carbocycles. The van der Waals surface area contributed by atoms with Crippen LogP contribution in [0.3, 0.4) is 0 Å². The van der Waals surface area contributed by atoms with Crippen molar-refractivity contribution in [1.29, 1.82) is 0 Å². The summed E-state index contributed by atoms with van der Waals surface area (Å²) in [7, 11) is 0. The zero-order valence-electron chi connectivity index (χ0n) is 5.55. The molecule has 1 aliphatic rings. The largest absolute Gasteiger partial charge is 0.378 e. The van der Waals surface area contributed by atoms with E-state index in [1.165, 1.54) is 0 Å². The highest BCUT2D eigenvalue weighted by Crippen LogP contribution is 2.17. The quantitative estimate of drug-likeness (QED) is 0.464. The number of hydrogen-bond acceptors (Lipinski definition) is 1. The van der Waals surface area contributed by atoms with Gasteiger partial charge in [0.05, 0.1) is 6.10 Å². The van der Waals surface area contributed by atoms with Gasteiger partial charge in [-0.1, -0.05) is 6.92 Å². The first-order chi connectivity index (χ1) is 3.80. The fourth-order valence-corrected chi connectivity index (χ4v) is 0.928. The Balaban J connectivity index is 2.28. The van der Waals surface area contributed by atoms with E-state index in [0.717, 1.165) is 13.0 Å². The highest BCUT2D eigenvalue weighted by molar-refractivity contribution is 4.80. The van der Waals surface area contributed by atoms with Crippen molar-refractivity contribution in [2.24, 2.45) is 5.92 Å². The average Bonchev–Trinajstić information content (AvgIpc) is 1.77. The van der Waals surface area contributed by atoms with Gasteiger partial charge in [-0.15, -0.1) is 0 Å². The smallest absolute Gasteiger partial charge is 0.0575 e. The summed E-state index contributed by atoms with van der Waals surface area (Å²) >= 11 is 0. The molecule has 0 aromatic carbocycles. The molecule has 1 heterocycles. The molecule has 8 heavy (non-hydrogen) atoms. The van der Waals surface area contributed by atoms with E-state index in [2.05, 4.69) is 20.3 Å². The zero-order chi connectivity index (χ0) is 5.98. The van der Waals surface area contributed by atoms with Crippen LogP contribution in [-0.4, -0.2) is 12.7 Å². The Hall–Kier alpha value is -0.0400. The molecule has 0 bridgehead atoms.